The number of hydrogen-bond acceptors (Lipinski definition) is 4. The van der Waals surface area contributed by atoms with Crippen LogP contribution in [-0.2, 0) is 24.5 Å². The molecule has 1 aromatic carbocycles. The predicted octanol–water partition coefficient (Wildman–Crippen LogP) is 2.12. The van der Waals surface area contributed by atoms with Crippen LogP contribution in [0.15, 0.2) is 24.3 Å². The average molecular weight is 390 g/mol. The SMILES string of the molecule is COCCN1C(=O)CC(CC(=O)N2CCCC(C)C2)(c2ccccc2F)C1=O. The number of amides is 3. The van der Waals surface area contributed by atoms with Crippen LogP contribution in [0.4, 0.5) is 4.39 Å². The summed E-state index contributed by atoms with van der Waals surface area (Å²) in [6, 6.07) is 5.93. The topological polar surface area (TPSA) is 66.9 Å². The summed E-state index contributed by atoms with van der Waals surface area (Å²) in [7, 11) is 1.48. The first kappa shape index (κ1) is 20.5. The molecule has 0 saturated carbocycles. The molecule has 2 aliphatic rings. The molecule has 1 aromatic rings. The highest BCUT2D eigenvalue weighted by Crippen LogP contribution is 2.41. The number of piperidine rings is 1. The van der Waals surface area contributed by atoms with E-state index in [1.807, 2.05) is 0 Å². The predicted molar refractivity (Wildman–Crippen MR) is 101 cm³/mol. The monoisotopic (exact) mass is 390 g/mol. The number of rotatable bonds is 6. The fraction of sp³-hybridized carbons (Fsp3) is 0.571. The normalized spacial score (nSPS) is 25.5. The van der Waals surface area contributed by atoms with Gasteiger partial charge in [-0.2, -0.15) is 0 Å². The van der Waals surface area contributed by atoms with Crippen LogP contribution in [0.2, 0.25) is 0 Å². The van der Waals surface area contributed by atoms with Crippen molar-refractivity contribution in [3.05, 3.63) is 35.6 Å². The van der Waals surface area contributed by atoms with Gasteiger partial charge in [0.2, 0.25) is 17.7 Å². The smallest absolute Gasteiger partial charge is 0.241 e. The van der Waals surface area contributed by atoms with Crippen LogP contribution in [-0.4, -0.2) is 60.9 Å². The number of ether oxygens (including phenoxy) is 1. The quantitative estimate of drug-likeness (QED) is 0.698. The van der Waals surface area contributed by atoms with E-state index in [0.29, 0.717) is 19.0 Å². The summed E-state index contributed by atoms with van der Waals surface area (Å²) in [5.41, 5.74) is -1.37. The van der Waals surface area contributed by atoms with Gasteiger partial charge in [-0.15, -0.1) is 0 Å². The van der Waals surface area contributed by atoms with Gasteiger partial charge in [-0.1, -0.05) is 25.1 Å². The molecule has 2 unspecified atom stereocenters. The molecule has 2 atom stereocenters. The van der Waals surface area contributed by atoms with Gasteiger partial charge in [0.05, 0.1) is 18.6 Å². The van der Waals surface area contributed by atoms with Gasteiger partial charge in [-0.05, 0) is 24.8 Å². The summed E-state index contributed by atoms with van der Waals surface area (Å²) in [6.07, 6.45) is 1.57. The summed E-state index contributed by atoms with van der Waals surface area (Å²) in [6.45, 7) is 3.64. The molecule has 0 N–H and O–H groups in total. The van der Waals surface area contributed by atoms with Crippen molar-refractivity contribution in [2.75, 3.05) is 33.4 Å². The van der Waals surface area contributed by atoms with E-state index in [1.54, 1.807) is 11.0 Å². The summed E-state index contributed by atoms with van der Waals surface area (Å²) in [5, 5.41) is 0. The number of halogens is 1. The lowest BCUT2D eigenvalue weighted by Crippen LogP contribution is -2.46. The van der Waals surface area contributed by atoms with E-state index in [1.165, 1.54) is 25.3 Å². The first-order valence-electron chi connectivity index (χ1n) is 9.75. The number of benzene rings is 1. The molecule has 0 aliphatic carbocycles. The number of imide groups is 1. The Kier molecular flexibility index (Phi) is 6.13. The van der Waals surface area contributed by atoms with E-state index in [9.17, 15) is 18.8 Å². The summed E-state index contributed by atoms with van der Waals surface area (Å²) >= 11 is 0. The largest absolute Gasteiger partial charge is 0.383 e. The Balaban J connectivity index is 1.95. The van der Waals surface area contributed by atoms with Gasteiger partial charge in [-0.3, -0.25) is 19.3 Å². The molecule has 152 valence electrons. The van der Waals surface area contributed by atoms with Crippen LogP contribution < -0.4 is 0 Å². The Morgan fingerprint density at radius 1 is 1.32 bits per heavy atom. The number of likely N-dealkylation sites (tertiary alicyclic amines) is 2. The third kappa shape index (κ3) is 3.81. The summed E-state index contributed by atoms with van der Waals surface area (Å²) in [5.74, 6) is -1.30. The Hall–Kier alpha value is -2.28. The standard InChI is InChI=1S/C21H27FN2O4/c1-15-6-5-9-23(14-15)18(25)12-21(16-7-3-4-8-17(16)22)13-19(26)24(20(21)27)10-11-28-2/h3-4,7-8,15H,5-6,9-14H2,1-2H3. The Morgan fingerprint density at radius 2 is 2.07 bits per heavy atom. The zero-order valence-corrected chi connectivity index (χ0v) is 16.4. The Labute approximate surface area is 164 Å². The van der Waals surface area contributed by atoms with Gasteiger partial charge >= 0.3 is 0 Å². The van der Waals surface area contributed by atoms with Gasteiger partial charge < -0.3 is 9.64 Å². The number of methoxy groups -OCH3 is 1. The van der Waals surface area contributed by atoms with Crippen LogP contribution >= 0.6 is 0 Å². The van der Waals surface area contributed by atoms with Gasteiger partial charge in [0.15, 0.2) is 0 Å². The van der Waals surface area contributed by atoms with E-state index >= 15 is 0 Å². The Morgan fingerprint density at radius 3 is 2.75 bits per heavy atom. The second-order valence-corrected chi connectivity index (χ2v) is 7.85. The van der Waals surface area contributed by atoms with Crippen molar-refractivity contribution in [2.24, 2.45) is 5.92 Å². The number of carbonyl (C=O) groups excluding carboxylic acids is 3. The number of nitrogens with zero attached hydrogens (tertiary/aromatic N) is 2. The Bertz CT molecular complexity index is 769. The van der Waals surface area contributed by atoms with Gasteiger partial charge in [-0.25, -0.2) is 4.39 Å². The average Bonchev–Trinajstić information content (AvgIpc) is 2.90. The zero-order valence-electron chi connectivity index (χ0n) is 16.4. The first-order chi connectivity index (χ1) is 13.4. The molecule has 0 spiro atoms. The first-order valence-corrected chi connectivity index (χ1v) is 9.75. The highest BCUT2D eigenvalue weighted by molar-refractivity contribution is 6.10. The van der Waals surface area contributed by atoms with E-state index in [0.717, 1.165) is 17.7 Å². The minimum Gasteiger partial charge on any atom is -0.383 e. The molecule has 3 rings (SSSR count). The molecule has 28 heavy (non-hydrogen) atoms. The van der Waals surface area contributed by atoms with Crippen molar-refractivity contribution in [1.82, 2.24) is 9.80 Å². The third-order valence-corrected chi connectivity index (χ3v) is 5.78. The number of hydrogen-bond donors (Lipinski definition) is 0. The molecule has 3 amide bonds. The fourth-order valence-electron chi connectivity index (χ4n) is 4.29. The molecule has 6 nitrogen and oxygen atoms in total. The second-order valence-electron chi connectivity index (χ2n) is 7.85. The van der Waals surface area contributed by atoms with E-state index in [2.05, 4.69) is 6.92 Å². The highest BCUT2D eigenvalue weighted by atomic mass is 19.1. The van der Waals surface area contributed by atoms with Crippen molar-refractivity contribution >= 4 is 17.7 Å². The van der Waals surface area contributed by atoms with E-state index < -0.39 is 23.0 Å². The summed E-state index contributed by atoms with van der Waals surface area (Å²) < 4.78 is 19.7. The maximum absolute atomic E-state index is 14.7. The fourth-order valence-corrected chi connectivity index (χ4v) is 4.29. The van der Waals surface area contributed by atoms with Crippen LogP contribution in [0.5, 0.6) is 0 Å². The van der Waals surface area contributed by atoms with Crippen LogP contribution in [0, 0.1) is 11.7 Å². The second kappa shape index (κ2) is 8.39. The molecule has 0 radical (unpaired) electrons. The lowest BCUT2D eigenvalue weighted by Gasteiger charge is -2.34. The van der Waals surface area contributed by atoms with Crippen molar-refractivity contribution in [2.45, 2.75) is 38.0 Å². The maximum atomic E-state index is 14.7. The number of carbonyl (C=O) groups is 3. The molecule has 0 bridgehead atoms. The van der Waals surface area contributed by atoms with Crippen LogP contribution in [0.3, 0.4) is 0 Å². The lowest BCUT2D eigenvalue weighted by atomic mass is 9.75. The molecule has 2 saturated heterocycles. The van der Waals surface area contributed by atoms with Gasteiger partial charge in [0.1, 0.15) is 5.82 Å². The van der Waals surface area contributed by atoms with Crippen molar-refractivity contribution < 1.29 is 23.5 Å². The van der Waals surface area contributed by atoms with E-state index in [-0.39, 0.29) is 37.5 Å². The molecule has 2 fully saturated rings. The molecule has 2 heterocycles. The van der Waals surface area contributed by atoms with Crippen LogP contribution in [0.1, 0.15) is 38.2 Å². The molecule has 2 aliphatic heterocycles. The van der Waals surface area contributed by atoms with E-state index in [4.69, 9.17) is 4.74 Å². The molecule has 7 heteroatoms. The lowest BCUT2D eigenvalue weighted by molar-refractivity contribution is -0.143. The van der Waals surface area contributed by atoms with Crippen molar-refractivity contribution in [3.8, 4) is 0 Å². The minimum atomic E-state index is -1.49. The zero-order chi connectivity index (χ0) is 20.3. The molecular formula is C21H27FN2O4. The molecular weight excluding hydrogens is 363 g/mol. The maximum Gasteiger partial charge on any atom is 0.241 e. The highest BCUT2D eigenvalue weighted by Gasteiger charge is 2.55. The molecule has 0 aromatic heterocycles. The van der Waals surface area contributed by atoms with Crippen molar-refractivity contribution in [1.29, 1.82) is 0 Å². The van der Waals surface area contributed by atoms with Gasteiger partial charge in [0.25, 0.3) is 0 Å². The minimum absolute atomic E-state index is 0.0965. The summed E-state index contributed by atoms with van der Waals surface area (Å²) in [4.78, 5) is 41.8. The third-order valence-electron chi connectivity index (χ3n) is 5.78. The van der Waals surface area contributed by atoms with Crippen molar-refractivity contribution in [3.63, 3.8) is 0 Å². The van der Waals surface area contributed by atoms with Crippen LogP contribution in [0.25, 0.3) is 0 Å². The van der Waals surface area contributed by atoms with Gasteiger partial charge in [0, 0.05) is 38.6 Å².